The van der Waals surface area contributed by atoms with Crippen LogP contribution in [0.5, 0.6) is 0 Å². The molecule has 126 valence electrons. The maximum absolute atomic E-state index is 12.4. The van der Waals surface area contributed by atoms with E-state index in [0.717, 1.165) is 44.3 Å². The Morgan fingerprint density at radius 3 is 2.65 bits per heavy atom. The minimum atomic E-state index is 0. The lowest BCUT2D eigenvalue weighted by Gasteiger charge is -2.16. The predicted octanol–water partition coefficient (Wildman–Crippen LogP) is 2.97. The highest BCUT2D eigenvalue weighted by Crippen LogP contribution is 2.23. The van der Waals surface area contributed by atoms with Crippen LogP contribution in [0.4, 0.5) is 0 Å². The van der Waals surface area contributed by atoms with Crippen molar-refractivity contribution in [2.45, 2.75) is 45.2 Å². The molecule has 1 amide bonds. The number of benzene rings is 1. The zero-order valence-electron chi connectivity index (χ0n) is 13.7. The van der Waals surface area contributed by atoms with Gasteiger partial charge in [0.15, 0.2) is 0 Å². The van der Waals surface area contributed by atoms with Crippen molar-refractivity contribution in [2.24, 2.45) is 5.73 Å². The van der Waals surface area contributed by atoms with Gasteiger partial charge in [-0.05, 0) is 37.3 Å². The summed E-state index contributed by atoms with van der Waals surface area (Å²) in [6.45, 7) is 4.36. The number of aromatic nitrogens is 1. The molecule has 2 N–H and O–H groups in total. The van der Waals surface area contributed by atoms with E-state index in [9.17, 15) is 4.79 Å². The van der Waals surface area contributed by atoms with E-state index in [1.807, 2.05) is 11.0 Å². The second-order valence-corrected chi connectivity index (χ2v) is 6.26. The van der Waals surface area contributed by atoms with Crippen LogP contribution in [0.1, 0.15) is 31.7 Å². The second kappa shape index (κ2) is 7.84. The molecule has 2 heterocycles. The minimum absolute atomic E-state index is 0. The van der Waals surface area contributed by atoms with Crippen molar-refractivity contribution in [1.82, 2.24) is 9.47 Å². The summed E-state index contributed by atoms with van der Waals surface area (Å²) >= 11 is 0. The van der Waals surface area contributed by atoms with Gasteiger partial charge in [0, 0.05) is 36.2 Å². The monoisotopic (exact) mass is 335 g/mol. The maximum atomic E-state index is 12.4. The molecule has 1 aromatic carbocycles. The first-order valence-corrected chi connectivity index (χ1v) is 8.29. The van der Waals surface area contributed by atoms with Gasteiger partial charge in [-0.3, -0.25) is 4.79 Å². The van der Waals surface area contributed by atoms with Gasteiger partial charge >= 0.3 is 0 Å². The van der Waals surface area contributed by atoms with E-state index >= 15 is 0 Å². The molecule has 5 heteroatoms. The van der Waals surface area contributed by atoms with E-state index in [1.165, 1.54) is 10.9 Å². The first-order valence-electron chi connectivity index (χ1n) is 8.29. The molecule has 1 aromatic heterocycles. The van der Waals surface area contributed by atoms with Gasteiger partial charge in [0.25, 0.3) is 0 Å². The number of para-hydroxylation sites is 1. The second-order valence-electron chi connectivity index (χ2n) is 6.26. The average Bonchev–Trinajstić information content (AvgIpc) is 3.17. The Morgan fingerprint density at radius 2 is 1.96 bits per heavy atom. The number of nitrogens with zero attached hydrogens (tertiary/aromatic N) is 2. The molecule has 23 heavy (non-hydrogen) atoms. The number of fused-ring (bicyclic) bond motifs is 1. The van der Waals surface area contributed by atoms with Crippen molar-refractivity contribution in [3.8, 4) is 0 Å². The van der Waals surface area contributed by atoms with E-state index < -0.39 is 0 Å². The van der Waals surface area contributed by atoms with Gasteiger partial charge in [-0.2, -0.15) is 0 Å². The summed E-state index contributed by atoms with van der Waals surface area (Å²) in [5.41, 5.74) is 8.50. The standard InChI is InChI=1S/C18H25N3O.ClH/c1-2-15(19)11-14-12-21(17-8-4-3-7-16(14)17)13-18(22)20-9-5-6-10-20;/h3-4,7-8,12,15H,2,5-6,9-11,13,19H2,1H3;1H. The molecule has 0 radical (unpaired) electrons. The van der Waals surface area contributed by atoms with Crippen LogP contribution >= 0.6 is 12.4 Å². The molecule has 0 aliphatic carbocycles. The first kappa shape index (κ1) is 17.8. The van der Waals surface area contributed by atoms with Crippen LogP contribution in [0.15, 0.2) is 30.5 Å². The highest BCUT2D eigenvalue weighted by Gasteiger charge is 2.19. The van der Waals surface area contributed by atoms with Crippen molar-refractivity contribution in [2.75, 3.05) is 13.1 Å². The van der Waals surface area contributed by atoms with Crippen molar-refractivity contribution in [3.63, 3.8) is 0 Å². The Hall–Kier alpha value is -1.52. The number of hydrogen-bond acceptors (Lipinski definition) is 2. The van der Waals surface area contributed by atoms with Crippen molar-refractivity contribution in [1.29, 1.82) is 0 Å². The third-order valence-electron chi connectivity index (χ3n) is 4.64. The van der Waals surface area contributed by atoms with Crippen molar-refractivity contribution in [3.05, 3.63) is 36.0 Å². The summed E-state index contributed by atoms with van der Waals surface area (Å²) in [6, 6.07) is 8.48. The van der Waals surface area contributed by atoms with Crippen molar-refractivity contribution >= 4 is 29.2 Å². The predicted molar refractivity (Wildman–Crippen MR) is 97.0 cm³/mol. The van der Waals surface area contributed by atoms with E-state index in [4.69, 9.17) is 5.73 Å². The first-order chi connectivity index (χ1) is 10.7. The summed E-state index contributed by atoms with van der Waals surface area (Å²) in [6.07, 6.45) is 6.21. The highest BCUT2D eigenvalue weighted by atomic mass is 35.5. The number of nitrogens with two attached hydrogens (primary N) is 1. The normalized spacial score (nSPS) is 15.7. The third kappa shape index (κ3) is 3.88. The van der Waals surface area contributed by atoms with Crippen molar-refractivity contribution < 1.29 is 4.79 Å². The molecule has 1 unspecified atom stereocenters. The number of carbonyl (C=O) groups excluding carboxylic acids is 1. The van der Waals surface area contributed by atoms with Crippen LogP contribution in [0.3, 0.4) is 0 Å². The van der Waals surface area contributed by atoms with Crippen LogP contribution in [-0.2, 0) is 17.8 Å². The fourth-order valence-electron chi connectivity index (χ4n) is 3.26. The van der Waals surface area contributed by atoms with Gasteiger partial charge in [-0.15, -0.1) is 12.4 Å². The van der Waals surface area contributed by atoms with Gasteiger partial charge < -0.3 is 15.2 Å². The average molecular weight is 336 g/mol. The summed E-state index contributed by atoms with van der Waals surface area (Å²) in [5.74, 6) is 0.226. The number of carbonyl (C=O) groups is 1. The summed E-state index contributed by atoms with van der Waals surface area (Å²) < 4.78 is 2.09. The van der Waals surface area contributed by atoms with E-state index in [1.54, 1.807) is 0 Å². The summed E-state index contributed by atoms with van der Waals surface area (Å²) in [4.78, 5) is 14.4. The maximum Gasteiger partial charge on any atom is 0.242 e. The molecule has 1 fully saturated rings. The lowest BCUT2D eigenvalue weighted by molar-refractivity contribution is -0.130. The fourth-order valence-corrected chi connectivity index (χ4v) is 3.26. The minimum Gasteiger partial charge on any atom is -0.341 e. The van der Waals surface area contributed by atoms with Gasteiger partial charge in [0.2, 0.25) is 5.91 Å². The number of amides is 1. The van der Waals surface area contributed by atoms with Crippen LogP contribution < -0.4 is 5.73 Å². The van der Waals surface area contributed by atoms with Crippen LogP contribution in [-0.4, -0.2) is 34.5 Å². The SMILES string of the molecule is CCC(N)Cc1cn(CC(=O)N2CCCC2)c2ccccc12.Cl. The van der Waals surface area contributed by atoms with Crippen LogP contribution in [0, 0.1) is 0 Å². The fraction of sp³-hybridized carbons (Fsp3) is 0.500. The molecule has 1 atom stereocenters. The lowest BCUT2D eigenvalue weighted by atomic mass is 10.0. The number of hydrogen-bond donors (Lipinski definition) is 1. The van der Waals surface area contributed by atoms with E-state index in [0.29, 0.717) is 6.54 Å². The van der Waals surface area contributed by atoms with Gasteiger partial charge in [-0.1, -0.05) is 25.1 Å². The molecule has 4 nitrogen and oxygen atoms in total. The quantitative estimate of drug-likeness (QED) is 0.913. The summed E-state index contributed by atoms with van der Waals surface area (Å²) in [7, 11) is 0. The number of rotatable bonds is 5. The highest BCUT2D eigenvalue weighted by molar-refractivity contribution is 5.86. The van der Waals surface area contributed by atoms with E-state index in [2.05, 4.69) is 35.9 Å². The Morgan fingerprint density at radius 1 is 1.26 bits per heavy atom. The lowest BCUT2D eigenvalue weighted by Crippen LogP contribution is -2.30. The molecule has 0 spiro atoms. The smallest absolute Gasteiger partial charge is 0.242 e. The molecule has 1 aliphatic rings. The molecule has 2 aromatic rings. The largest absolute Gasteiger partial charge is 0.341 e. The topological polar surface area (TPSA) is 51.3 Å². The van der Waals surface area contributed by atoms with Gasteiger partial charge in [-0.25, -0.2) is 0 Å². The Labute approximate surface area is 144 Å². The van der Waals surface area contributed by atoms with Crippen LogP contribution in [0.25, 0.3) is 10.9 Å². The molecule has 3 rings (SSSR count). The number of likely N-dealkylation sites (tertiary alicyclic amines) is 1. The molecule has 1 aliphatic heterocycles. The third-order valence-corrected chi connectivity index (χ3v) is 4.64. The van der Waals surface area contributed by atoms with E-state index in [-0.39, 0.29) is 24.4 Å². The summed E-state index contributed by atoms with van der Waals surface area (Å²) in [5, 5.41) is 1.22. The molecule has 0 saturated carbocycles. The Balaban J connectivity index is 0.00000192. The zero-order valence-corrected chi connectivity index (χ0v) is 14.5. The van der Waals surface area contributed by atoms with Crippen LogP contribution in [0.2, 0.25) is 0 Å². The van der Waals surface area contributed by atoms with Gasteiger partial charge in [0.1, 0.15) is 6.54 Å². The zero-order chi connectivity index (χ0) is 15.5. The molecular weight excluding hydrogens is 310 g/mol. The Kier molecular flexibility index (Phi) is 6.08. The Bertz CT molecular complexity index is 661. The molecular formula is C18H26ClN3O. The van der Waals surface area contributed by atoms with Gasteiger partial charge in [0.05, 0.1) is 0 Å². The number of halogens is 1. The molecule has 1 saturated heterocycles. The molecule has 0 bridgehead atoms.